The third-order valence-corrected chi connectivity index (χ3v) is 2.59. The Morgan fingerprint density at radius 2 is 2.00 bits per heavy atom. The number of aliphatic hydroxyl groups excluding tert-OH is 1. The van der Waals surface area contributed by atoms with Crippen molar-refractivity contribution < 1.29 is 13.5 Å². The highest BCUT2D eigenvalue weighted by Crippen LogP contribution is 2.19. The standard InChI is InChI=1S/C8H13N3O3S/c9-6-3-7(11-1-2-12)5-8(4-6)15(10,13)14/h3-5,11-12H,1-2,9H2,(H2,10,13,14). The molecule has 0 aliphatic heterocycles. The molecule has 0 aromatic heterocycles. The summed E-state index contributed by atoms with van der Waals surface area (Å²) in [5.41, 5.74) is 6.31. The van der Waals surface area contributed by atoms with E-state index < -0.39 is 10.0 Å². The van der Waals surface area contributed by atoms with Crippen molar-refractivity contribution in [3.8, 4) is 0 Å². The molecule has 0 radical (unpaired) electrons. The van der Waals surface area contributed by atoms with E-state index in [0.29, 0.717) is 17.9 Å². The van der Waals surface area contributed by atoms with E-state index in [2.05, 4.69) is 5.32 Å². The molecule has 0 saturated carbocycles. The first-order chi connectivity index (χ1) is 6.93. The summed E-state index contributed by atoms with van der Waals surface area (Å²) in [6, 6.07) is 4.20. The fourth-order valence-electron chi connectivity index (χ4n) is 1.09. The smallest absolute Gasteiger partial charge is 0.238 e. The summed E-state index contributed by atoms with van der Waals surface area (Å²) in [6.07, 6.45) is 0. The molecule has 15 heavy (non-hydrogen) atoms. The van der Waals surface area contributed by atoms with Crippen molar-refractivity contribution in [1.82, 2.24) is 0 Å². The van der Waals surface area contributed by atoms with Gasteiger partial charge in [0.15, 0.2) is 0 Å². The van der Waals surface area contributed by atoms with E-state index in [-0.39, 0.29) is 11.5 Å². The maximum atomic E-state index is 11.1. The van der Waals surface area contributed by atoms with Crippen LogP contribution >= 0.6 is 0 Å². The van der Waals surface area contributed by atoms with Crippen LogP contribution in [0.15, 0.2) is 23.1 Å². The summed E-state index contributed by atoms with van der Waals surface area (Å²) in [5, 5.41) is 16.3. The Labute approximate surface area is 87.9 Å². The normalized spacial score (nSPS) is 11.3. The minimum absolute atomic E-state index is 0.0528. The third-order valence-electron chi connectivity index (χ3n) is 1.70. The van der Waals surface area contributed by atoms with E-state index in [1.54, 1.807) is 6.07 Å². The number of anilines is 2. The lowest BCUT2D eigenvalue weighted by Crippen LogP contribution is -2.13. The summed E-state index contributed by atoms with van der Waals surface area (Å²) < 4.78 is 22.1. The first-order valence-electron chi connectivity index (χ1n) is 4.21. The van der Waals surface area contributed by atoms with Gasteiger partial charge in [0.2, 0.25) is 10.0 Å². The minimum Gasteiger partial charge on any atom is -0.399 e. The average Bonchev–Trinajstić information content (AvgIpc) is 2.12. The predicted octanol–water partition coefficient (Wildman–Crippen LogP) is -0.680. The average molecular weight is 231 g/mol. The second-order valence-corrected chi connectivity index (χ2v) is 4.55. The van der Waals surface area contributed by atoms with Crippen molar-refractivity contribution >= 4 is 21.4 Å². The number of nitrogens with two attached hydrogens (primary N) is 2. The van der Waals surface area contributed by atoms with Gasteiger partial charge in [-0.2, -0.15) is 0 Å². The number of aliphatic hydroxyl groups is 1. The SMILES string of the molecule is Nc1cc(NCCO)cc(S(N)(=O)=O)c1. The highest BCUT2D eigenvalue weighted by Gasteiger charge is 2.09. The highest BCUT2D eigenvalue weighted by molar-refractivity contribution is 7.89. The summed E-state index contributed by atoms with van der Waals surface area (Å²) in [6.45, 7) is 0.257. The van der Waals surface area contributed by atoms with Crippen molar-refractivity contribution in [3.63, 3.8) is 0 Å². The molecule has 0 unspecified atom stereocenters. The second kappa shape index (κ2) is 4.47. The van der Waals surface area contributed by atoms with Gasteiger partial charge in [-0.25, -0.2) is 13.6 Å². The Hall–Kier alpha value is -1.31. The van der Waals surface area contributed by atoms with Crippen LogP contribution in [0, 0.1) is 0 Å². The van der Waals surface area contributed by atoms with E-state index in [1.165, 1.54) is 12.1 Å². The summed E-state index contributed by atoms with van der Waals surface area (Å²) in [7, 11) is -3.76. The molecule has 1 aromatic rings. The molecule has 0 heterocycles. The number of rotatable bonds is 4. The Morgan fingerprint density at radius 1 is 1.33 bits per heavy atom. The van der Waals surface area contributed by atoms with Crippen LogP contribution in [0.4, 0.5) is 11.4 Å². The molecular formula is C8H13N3O3S. The minimum atomic E-state index is -3.76. The molecule has 6 nitrogen and oxygen atoms in total. The van der Waals surface area contributed by atoms with Crippen LogP contribution < -0.4 is 16.2 Å². The van der Waals surface area contributed by atoms with Crippen molar-refractivity contribution in [2.45, 2.75) is 4.90 Å². The van der Waals surface area contributed by atoms with Crippen molar-refractivity contribution in [3.05, 3.63) is 18.2 Å². The predicted molar refractivity (Wildman–Crippen MR) is 57.8 cm³/mol. The molecule has 0 atom stereocenters. The lowest BCUT2D eigenvalue weighted by molar-refractivity contribution is 0.311. The molecule has 6 N–H and O–H groups in total. The van der Waals surface area contributed by atoms with E-state index in [0.717, 1.165) is 0 Å². The Morgan fingerprint density at radius 3 is 2.53 bits per heavy atom. The van der Waals surface area contributed by atoms with Crippen LogP contribution in [-0.4, -0.2) is 26.7 Å². The molecule has 1 rings (SSSR count). The highest BCUT2D eigenvalue weighted by atomic mass is 32.2. The maximum absolute atomic E-state index is 11.1. The Kier molecular flexibility index (Phi) is 3.51. The van der Waals surface area contributed by atoms with E-state index in [4.69, 9.17) is 16.0 Å². The molecule has 0 saturated heterocycles. The van der Waals surface area contributed by atoms with Gasteiger partial charge in [-0.15, -0.1) is 0 Å². The summed E-state index contributed by atoms with van der Waals surface area (Å²) >= 11 is 0. The molecule has 7 heteroatoms. The molecular weight excluding hydrogens is 218 g/mol. The lowest BCUT2D eigenvalue weighted by atomic mass is 10.3. The van der Waals surface area contributed by atoms with Crippen molar-refractivity contribution in [2.24, 2.45) is 5.14 Å². The number of sulfonamides is 1. The molecule has 0 bridgehead atoms. The quantitative estimate of drug-likeness (QED) is 0.512. The first-order valence-corrected chi connectivity index (χ1v) is 5.76. The topological polar surface area (TPSA) is 118 Å². The second-order valence-electron chi connectivity index (χ2n) is 2.99. The van der Waals surface area contributed by atoms with E-state index in [9.17, 15) is 8.42 Å². The van der Waals surface area contributed by atoms with Crippen molar-refractivity contribution in [2.75, 3.05) is 24.2 Å². The van der Waals surface area contributed by atoms with Crippen LogP contribution in [0.1, 0.15) is 0 Å². The number of nitrogens with one attached hydrogen (secondary N) is 1. The fourth-order valence-corrected chi connectivity index (χ4v) is 1.68. The van der Waals surface area contributed by atoms with E-state index >= 15 is 0 Å². The Bertz CT molecular complexity index is 444. The molecule has 1 aromatic carbocycles. The summed E-state index contributed by atoms with van der Waals surface area (Å²) in [4.78, 5) is -0.0528. The van der Waals surface area contributed by atoms with Gasteiger partial charge in [-0.3, -0.25) is 0 Å². The maximum Gasteiger partial charge on any atom is 0.238 e. The molecule has 84 valence electrons. The van der Waals surface area contributed by atoms with E-state index in [1.807, 2.05) is 0 Å². The monoisotopic (exact) mass is 231 g/mol. The fraction of sp³-hybridized carbons (Fsp3) is 0.250. The van der Waals surface area contributed by atoms with Gasteiger partial charge in [0.25, 0.3) is 0 Å². The summed E-state index contributed by atoms with van der Waals surface area (Å²) in [5.74, 6) is 0. The van der Waals surface area contributed by atoms with Crippen LogP contribution in [0.25, 0.3) is 0 Å². The zero-order chi connectivity index (χ0) is 11.5. The van der Waals surface area contributed by atoms with Crippen LogP contribution in [0.2, 0.25) is 0 Å². The van der Waals surface area contributed by atoms with Crippen molar-refractivity contribution in [1.29, 1.82) is 0 Å². The molecule has 0 spiro atoms. The Balaban J connectivity index is 3.06. The van der Waals surface area contributed by atoms with Crippen LogP contribution in [-0.2, 0) is 10.0 Å². The molecule has 0 aliphatic carbocycles. The van der Waals surface area contributed by atoms with Crippen LogP contribution in [0.3, 0.4) is 0 Å². The van der Waals surface area contributed by atoms with Gasteiger partial charge in [-0.1, -0.05) is 0 Å². The largest absolute Gasteiger partial charge is 0.399 e. The molecule has 0 amide bonds. The number of nitrogen functional groups attached to an aromatic ring is 1. The third kappa shape index (κ3) is 3.39. The van der Waals surface area contributed by atoms with Gasteiger partial charge < -0.3 is 16.2 Å². The first kappa shape index (κ1) is 11.8. The number of hydrogen-bond donors (Lipinski definition) is 4. The molecule has 0 aliphatic rings. The number of hydrogen-bond acceptors (Lipinski definition) is 5. The number of benzene rings is 1. The van der Waals surface area contributed by atoms with Crippen LogP contribution in [0.5, 0.6) is 0 Å². The zero-order valence-corrected chi connectivity index (χ0v) is 8.79. The van der Waals surface area contributed by atoms with Gasteiger partial charge in [0, 0.05) is 17.9 Å². The zero-order valence-electron chi connectivity index (χ0n) is 7.97. The van der Waals surface area contributed by atoms with Gasteiger partial charge in [0.05, 0.1) is 11.5 Å². The van der Waals surface area contributed by atoms with Gasteiger partial charge >= 0.3 is 0 Å². The number of primary sulfonamides is 1. The van der Waals surface area contributed by atoms with Gasteiger partial charge in [-0.05, 0) is 18.2 Å². The van der Waals surface area contributed by atoms with Gasteiger partial charge in [0.1, 0.15) is 0 Å². The molecule has 0 fully saturated rings. The lowest BCUT2D eigenvalue weighted by Gasteiger charge is -2.07.